The number of hydrogen-bond acceptors (Lipinski definition) is 4. The Morgan fingerprint density at radius 1 is 1.28 bits per heavy atom. The van der Waals surface area contributed by atoms with E-state index in [4.69, 9.17) is 16.3 Å². The molecule has 1 aromatic carbocycles. The van der Waals surface area contributed by atoms with E-state index in [0.29, 0.717) is 24.7 Å². The molecule has 0 saturated carbocycles. The zero-order chi connectivity index (χ0) is 17.6. The largest absolute Gasteiger partial charge is 0.388 e. The van der Waals surface area contributed by atoms with Crippen LogP contribution in [0, 0.1) is 5.92 Å². The molecule has 5 nitrogen and oxygen atoms in total. The molecule has 0 radical (unpaired) electrons. The van der Waals surface area contributed by atoms with E-state index in [1.165, 1.54) is 0 Å². The van der Waals surface area contributed by atoms with Gasteiger partial charge >= 0.3 is 0 Å². The maximum Gasteiger partial charge on any atom is 0.236 e. The van der Waals surface area contributed by atoms with Gasteiger partial charge in [-0.15, -0.1) is 0 Å². The van der Waals surface area contributed by atoms with Crippen molar-refractivity contribution in [3.05, 3.63) is 34.9 Å². The number of carbonyl (C=O) groups excluding carboxylic acids is 1. The number of nitrogens with zero attached hydrogens (tertiary/aromatic N) is 1. The summed E-state index contributed by atoms with van der Waals surface area (Å²) >= 11 is 5.90. The molecule has 2 aliphatic heterocycles. The van der Waals surface area contributed by atoms with Crippen molar-refractivity contribution in [3.63, 3.8) is 0 Å². The molecule has 2 saturated heterocycles. The van der Waals surface area contributed by atoms with Gasteiger partial charge in [-0.2, -0.15) is 0 Å². The van der Waals surface area contributed by atoms with E-state index in [2.05, 4.69) is 5.32 Å². The molecule has 3 rings (SSSR count). The molecule has 1 amide bonds. The Labute approximate surface area is 154 Å². The van der Waals surface area contributed by atoms with Crippen LogP contribution in [0.2, 0.25) is 5.02 Å². The molecule has 2 fully saturated rings. The predicted molar refractivity (Wildman–Crippen MR) is 97.6 cm³/mol. The second-order valence-electron chi connectivity index (χ2n) is 6.98. The van der Waals surface area contributed by atoms with Gasteiger partial charge in [0, 0.05) is 31.3 Å². The first-order chi connectivity index (χ1) is 12.1. The molecular formula is C19H27ClN2O3. The predicted octanol–water partition coefficient (Wildman–Crippen LogP) is 2.38. The summed E-state index contributed by atoms with van der Waals surface area (Å²) in [5.74, 6) is 0.322. The van der Waals surface area contributed by atoms with E-state index in [0.717, 1.165) is 44.4 Å². The Bertz CT molecular complexity index is 552. The second kappa shape index (κ2) is 8.99. The van der Waals surface area contributed by atoms with Gasteiger partial charge in [-0.3, -0.25) is 4.79 Å². The molecule has 2 N–H and O–H groups in total. The summed E-state index contributed by atoms with van der Waals surface area (Å²) < 4.78 is 5.55. The Morgan fingerprint density at radius 2 is 2.00 bits per heavy atom. The molecule has 2 aliphatic rings. The van der Waals surface area contributed by atoms with Crippen LogP contribution in [0.3, 0.4) is 0 Å². The van der Waals surface area contributed by atoms with Gasteiger partial charge in [-0.1, -0.05) is 23.7 Å². The van der Waals surface area contributed by atoms with E-state index in [9.17, 15) is 9.90 Å². The second-order valence-corrected chi connectivity index (χ2v) is 7.42. The lowest BCUT2D eigenvalue weighted by atomic mass is 9.87. The van der Waals surface area contributed by atoms with E-state index >= 15 is 0 Å². The van der Waals surface area contributed by atoms with Crippen molar-refractivity contribution in [2.45, 2.75) is 37.9 Å². The number of ether oxygens (including phenoxy) is 1. The van der Waals surface area contributed by atoms with Crippen molar-refractivity contribution in [2.75, 3.05) is 32.8 Å². The summed E-state index contributed by atoms with van der Waals surface area (Å²) in [5.41, 5.74) is 0.896. The number of rotatable bonds is 6. The lowest BCUT2D eigenvalue weighted by molar-refractivity contribution is -0.132. The van der Waals surface area contributed by atoms with Gasteiger partial charge in [-0.05, 0) is 49.3 Å². The zero-order valence-electron chi connectivity index (χ0n) is 14.5. The van der Waals surface area contributed by atoms with Crippen LogP contribution in [0.25, 0.3) is 0 Å². The number of piperidine rings is 1. The zero-order valence-corrected chi connectivity index (χ0v) is 15.3. The van der Waals surface area contributed by atoms with Gasteiger partial charge < -0.3 is 20.1 Å². The fourth-order valence-corrected chi connectivity index (χ4v) is 3.78. The molecule has 2 atom stereocenters. The molecule has 2 heterocycles. The molecule has 0 bridgehead atoms. The maximum absolute atomic E-state index is 12.3. The van der Waals surface area contributed by atoms with Crippen LogP contribution in [0.5, 0.6) is 0 Å². The quantitative estimate of drug-likeness (QED) is 0.811. The van der Waals surface area contributed by atoms with Crippen molar-refractivity contribution in [1.29, 1.82) is 0 Å². The monoisotopic (exact) mass is 366 g/mol. The van der Waals surface area contributed by atoms with Crippen LogP contribution in [0.15, 0.2) is 24.3 Å². The van der Waals surface area contributed by atoms with Gasteiger partial charge in [0.25, 0.3) is 0 Å². The SMILES string of the molecule is O=C(CNC[C@@H]1CCCO1)N1CCC([C@H](O)c2ccc(Cl)cc2)CC1. The number of aliphatic hydroxyl groups excluding tert-OH is 1. The number of amides is 1. The van der Waals surface area contributed by atoms with Crippen molar-refractivity contribution in [3.8, 4) is 0 Å². The Kier molecular flexibility index (Phi) is 6.70. The standard InChI is InChI=1S/C19H27ClN2O3/c20-16-5-3-14(4-6-16)19(24)15-7-9-22(10-8-15)18(23)13-21-12-17-2-1-11-25-17/h3-6,15,17,19,21,24H,1-2,7-13H2/t17-,19+/m0/s1. The molecule has 6 heteroatoms. The van der Waals surface area contributed by atoms with E-state index < -0.39 is 6.10 Å². The topological polar surface area (TPSA) is 61.8 Å². The van der Waals surface area contributed by atoms with Crippen LogP contribution in [0.4, 0.5) is 0 Å². The maximum atomic E-state index is 12.3. The van der Waals surface area contributed by atoms with Crippen LogP contribution in [0.1, 0.15) is 37.4 Å². The summed E-state index contributed by atoms with van der Waals surface area (Å²) in [7, 11) is 0. The van der Waals surface area contributed by atoms with Gasteiger partial charge in [0.15, 0.2) is 0 Å². The van der Waals surface area contributed by atoms with E-state index in [-0.39, 0.29) is 17.9 Å². The van der Waals surface area contributed by atoms with Crippen LogP contribution < -0.4 is 5.32 Å². The van der Waals surface area contributed by atoms with Crippen LogP contribution >= 0.6 is 11.6 Å². The Morgan fingerprint density at radius 3 is 2.64 bits per heavy atom. The molecule has 0 unspecified atom stereocenters. The molecular weight excluding hydrogens is 340 g/mol. The number of carbonyl (C=O) groups is 1. The third-order valence-corrected chi connectivity index (χ3v) is 5.47. The normalized spacial score (nSPS) is 23.0. The van der Waals surface area contributed by atoms with Gasteiger partial charge in [0.2, 0.25) is 5.91 Å². The average molecular weight is 367 g/mol. The van der Waals surface area contributed by atoms with E-state index in [1.54, 1.807) is 12.1 Å². The lowest BCUT2D eigenvalue weighted by Crippen LogP contribution is -2.44. The summed E-state index contributed by atoms with van der Waals surface area (Å²) in [6.07, 6.45) is 3.60. The molecule has 0 spiro atoms. The Hall–Kier alpha value is -1.14. The number of halogens is 1. The number of benzene rings is 1. The summed E-state index contributed by atoms with van der Waals surface area (Å²) in [6, 6.07) is 7.36. The molecule has 138 valence electrons. The first kappa shape index (κ1) is 18.6. The van der Waals surface area contributed by atoms with Gasteiger partial charge in [0.1, 0.15) is 0 Å². The first-order valence-electron chi connectivity index (χ1n) is 9.17. The molecule has 1 aromatic rings. The van der Waals surface area contributed by atoms with Crippen LogP contribution in [-0.4, -0.2) is 54.8 Å². The summed E-state index contributed by atoms with van der Waals surface area (Å²) in [4.78, 5) is 14.2. The minimum Gasteiger partial charge on any atom is -0.388 e. The highest BCUT2D eigenvalue weighted by atomic mass is 35.5. The lowest BCUT2D eigenvalue weighted by Gasteiger charge is -2.34. The van der Waals surface area contributed by atoms with Gasteiger partial charge in [-0.25, -0.2) is 0 Å². The summed E-state index contributed by atoms with van der Waals surface area (Å²) in [6.45, 7) is 3.36. The number of likely N-dealkylation sites (tertiary alicyclic amines) is 1. The molecule has 25 heavy (non-hydrogen) atoms. The third kappa shape index (κ3) is 5.17. The fraction of sp³-hybridized carbons (Fsp3) is 0.632. The van der Waals surface area contributed by atoms with Crippen molar-refractivity contribution in [2.24, 2.45) is 5.92 Å². The highest BCUT2D eigenvalue weighted by Gasteiger charge is 2.28. The molecule has 0 aliphatic carbocycles. The minimum atomic E-state index is -0.493. The van der Waals surface area contributed by atoms with Crippen molar-refractivity contribution < 1.29 is 14.6 Å². The Balaban J connectivity index is 1.40. The highest BCUT2D eigenvalue weighted by molar-refractivity contribution is 6.30. The highest BCUT2D eigenvalue weighted by Crippen LogP contribution is 2.31. The summed E-state index contributed by atoms with van der Waals surface area (Å²) in [5, 5.41) is 14.4. The minimum absolute atomic E-state index is 0.137. The van der Waals surface area contributed by atoms with Gasteiger partial charge in [0.05, 0.1) is 18.8 Å². The van der Waals surface area contributed by atoms with Crippen LogP contribution in [-0.2, 0) is 9.53 Å². The smallest absolute Gasteiger partial charge is 0.236 e. The third-order valence-electron chi connectivity index (χ3n) is 5.22. The number of nitrogens with one attached hydrogen (secondary N) is 1. The number of hydrogen-bond donors (Lipinski definition) is 2. The van der Waals surface area contributed by atoms with E-state index in [1.807, 2.05) is 17.0 Å². The number of aliphatic hydroxyl groups is 1. The first-order valence-corrected chi connectivity index (χ1v) is 9.55. The van der Waals surface area contributed by atoms with Crippen molar-refractivity contribution >= 4 is 17.5 Å². The fourth-order valence-electron chi connectivity index (χ4n) is 3.65. The molecule has 0 aromatic heterocycles. The average Bonchev–Trinajstić information content (AvgIpc) is 3.15. The van der Waals surface area contributed by atoms with Crippen molar-refractivity contribution in [1.82, 2.24) is 10.2 Å².